The number of benzene rings is 4. The van der Waals surface area contributed by atoms with E-state index in [1.165, 1.54) is 0 Å². The Hall–Kier alpha value is -4.33. The van der Waals surface area contributed by atoms with Crippen molar-refractivity contribution in [2.24, 2.45) is 0 Å². The van der Waals surface area contributed by atoms with Crippen LogP contribution in [0.15, 0.2) is 79.1 Å². The highest BCUT2D eigenvalue weighted by Crippen LogP contribution is 2.51. The van der Waals surface area contributed by atoms with Gasteiger partial charge >= 0.3 is 0 Å². The van der Waals surface area contributed by atoms with E-state index in [2.05, 4.69) is 23.2 Å². The Kier molecular flexibility index (Phi) is 5.58. The van der Waals surface area contributed by atoms with Gasteiger partial charge in [0, 0.05) is 22.1 Å². The maximum absolute atomic E-state index is 6.51. The fourth-order valence-electron chi connectivity index (χ4n) is 5.26. The number of hydrogen-bond acceptors (Lipinski definition) is 6. The van der Waals surface area contributed by atoms with E-state index in [1.54, 1.807) is 37.2 Å². The zero-order valence-electron chi connectivity index (χ0n) is 20.9. The number of fused-ring (bicyclic) bond motifs is 6. The van der Waals surface area contributed by atoms with Crippen molar-refractivity contribution in [1.29, 1.82) is 0 Å². The van der Waals surface area contributed by atoms with Gasteiger partial charge in [0.05, 0.1) is 24.8 Å². The van der Waals surface area contributed by atoms with Crippen LogP contribution in [0.2, 0.25) is 10.0 Å². The summed E-state index contributed by atoms with van der Waals surface area (Å²) in [5, 5.41) is 7.88. The lowest BCUT2D eigenvalue weighted by molar-refractivity contribution is 0.354. The molecule has 0 spiro atoms. The summed E-state index contributed by atoms with van der Waals surface area (Å²) in [6.45, 7) is 0. The first-order chi connectivity index (χ1) is 19.1. The number of hydrogen-bond donors (Lipinski definition) is 0. The van der Waals surface area contributed by atoms with Gasteiger partial charge in [0.1, 0.15) is 12.1 Å². The fraction of sp³-hybridized carbons (Fsp3) is 0.100. The molecule has 9 heteroatoms. The zero-order valence-corrected chi connectivity index (χ0v) is 22.4. The van der Waals surface area contributed by atoms with Gasteiger partial charge in [0.25, 0.3) is 0 Å². The minimum atomic E-state index is -0.288. The maximum Gasteiger partial charge on any atom is 0.228 e. The summed E-state index contributed by atoms with van der Waals surface area (Å²) in [6.07, 6.45) is 1.60. The molecule has 0 bridgehead atoms. The number of aromatic nitrogens is 4. The molecular weight excluding hydrogens is 535 g/mol. The molecule has 1 unspecified atom stereocenters. The molecule has 0 amide bonds. The van der Waals surface area contributed by atoms with E-state index in [4.69, 9.17) is 47.5 Å². The van der Waals surface area contributed by atoms with Gasteiger partial charge in [-0.1, -0.05) is 59.6 Å². The van der Waals surface area contributed by atoms with Crippen LogP contribution in [0, 0.1) is 0 Å². The van der Waals surface area contributed by atoms with Crippen LogP contribution in [0.5, 0.6) is 23.1 Å². The lowest BCUT2D eigenvalue weighted by Crippen LogP contribution is -2.15. The van der Waals surface area contributed by atoms with E-state index in [9.17, 15) is 0 Å². The van der Waals surface area contributed by atoms with Crippen molar-refractivity contribution in [1.82, 2.24) is 19.6 Å². The van der Waals surface area contributed by atoms with Gasteiger partial charge in [-0.2, -0.15) is 0 Å². The first-order valence-corrected chi connectivity index (χ1v) is 12.9. The number of halogens is 2. The molecule has 192 valence electrons. The predicted molar refractivity (Wildman–Crippen MR) is 151 cm³/mol. The van der Waals surface area contributed by atoms with Gasteiger partial charge in [-0.25, -0.2) is 14.5 Å². The van der Waals surface area contributed by atoms with Gasteiger partial charge in [-0.05, 0) is 52.7 Å². The zero-order chi connectivity index (χ0) is 26.7. The van der Waals surface area contributed by atoms with Gasteiger partial charge in [-0.15, -0.1) is 5.10 Å². The summed E-state index contributed by atoms with van der Waals surface area (Å²) < 4.78 is 19.3. The highest BCUT2D eigenvalue weighted by molar-refractivity contribution is 6.36. The van der Waals surface area contributed by atoms with E-state index < -0.39 is 0 Å². The largest absolute Gasteiger partial charge is 0.493 e. The monoisotopic (exact) mass is 554 g/mol. The second-order valence-electron chi connectivity index (χ2n) is 9.14. The Morgan fingerprint density at radius 2 is 1.72 bits per heavy atom. The Balaban J connectivity index is 1.53. The Morgan fingerprint density at radius 3 is 2.54 bits per heavy atom. The van der Waals surface area contributed by atoms with Gasteiger partial charge in [0.2, 0.25) is 5.88 Å². The average molecular weight is 555 g/mol. The van der Waals surface area contributed by atoms with Gasteiger partial charge in [0.15, 0.2) is 23.0 Å². The van der Waals surface area contributed by atoms with Gasteiger partial charge < -0.3 is 14.2 Å². The Morgan fingerprint density at radius 1 is 0.872 bits per heavy atom. The molecule has 0 N–H and O–H groups in total. The van der Waals surface area contributed by atoms with Crippen molar-refractivity contribution in [2.45, 2.75) is 5.92 Å². The Bertz CT molecular complexity index is 1920. The first-order valence-electron chi connectivity index (χ1n) is 12.2. The quantitative estimate of drug-likeness (QED) is 0.223. The summed E-state index contributed by atoms with van der Waals surface area (Å²) >= 11 is 12.6. The van der Waals surface area contributed by atoms with Crippen molar-refractivity contribution in [3.8, 4) is 34.5 Å². The fourth-order valence-corrected chi connectivity index (χ4v) is 5.75. The van der Waals surface area contributed by atoms with E-state index >= 15 is 0 Å². The summed E-state index contributed by atoms with van der Waals surface area (Å²) in [4.78, 5) is 9.59. The molecular formula is C30H20Cl2N4O3. The van der Waals surface area contributed by atoms with E-state index in [0.29, 0.717) is 44.5 Å². The maximum atomic E-state index is 6.51. The summed E-state index contributed by atoms with van der Waals surface area (Å²) in [5.74, 6) is 2.64. The summed E-state index contributed by atoms with van der Waals surface area (Å²) in [6, 6.07) is 23.5. The van der Waals surface area contributed by atoms with Crippen LogP contribution in [0.3, 0.4) is 0 Å². The lowest BCUT2D eigenvalue weighted by atomic mass is 9.81. The molecule has 1 atom stereocenters. The predicted octanol–water partition coefficient (Wildman–Crippen LogP) is 7.55. The molecule has 39 heavy (non-hydrogen) atoms. The topological polar surface area (TPSA) is 70.8 Å². The molecule has 0 radical (unpaired) electrons. The van der Waals surface area contributed by atoms with E-state index in [0.717, 1.165) is 33.2 Å². The molecule has 4 aromatic carbocycles. The molecule has 0 saturated heterocycles. The third-order valence-electron chi connectivity index (χ3n) is 7.01. The highest BCUT2D eigenvalue weighted by atomic mass is 35.5. The molecule has 3 heterocycles. The van der Waals surface area contributed by atoms with Crippen LogP contribution in [-0.2, 0) is 0 Å². The molecule has 6 aromatic rings. The molecule has 7 rings (SSSR count). The third kappa shape index (κ3) is 3.77. The molecule has 1 aliphatic rings. The van der Waals surface area contributed by atoms with E-state index in [1.807, 2.05) is 42.5 Å². The van der Waals surface area contributed by atoms with Gasteiger partial charge in [-0.3, -0.25) is 0 Å². The Labute approximate surface area is 233 Å². The number of rotatable bonds is 4. The van der Waals surface area contributed by atoms with Crippen molar-refractivity contribution in [2.75, 3.05) is 14.2 Å². The highest BCUT2D eigenvalue weighted by Gasteiger charge is 2.35. The molecule has 0 aliphatic carbocycles. The minimum Gasteiger partial charge on any atom is -0.493 e. The smallest absolute Gasteiger partial charge is 0.228 e. The second-order valence-corrected chi connectivity index (χ2v) is 9.98. The number of ether oxygens (including phenoxy) is 3. The molecule has 0 saturated carbocycles. The van der Waals surface area contributed by atoms with E-state index in [-0.39, 0.29) is 5.92 Å². The van der Waals surface area contributed by atoms with Crippen LogP contribution in [-0.4, -0.2) is 33.8 Å². The van der Waals surface area contributed by atoms with Crippen molar-refractivity contribution < 1.29 is 14.2 Å². The summed E-state index contributed by atoms with van der Waals surface area (Å²) in [7, 11) is 3.25. The van der Waals surface area contributed by atoms with Crippen LogP contribution in [0.25, 0.3) is 27.8 Å². The molecule has 2 aromatic heterocycles. The molecule has 1 aliphatic heterocycles. The summed E-state index contributed by atoms with van der Waals surface area (Å²) in [5.41, 5.74) is 4.05. The second kappa shape index (κ2) is 9.15. The van der Waals surface area contributed by atoms with Crippen LogP contribution >= 0.6 is 23.2 Å². The van der Waals surface area contributed by atoms with Crippen molar-refractivity contribution in [3.05, 3.63) is 106 Å². The standard InChI is InChI=1S/C30H20Cl2N4O3/c1-37-22-11-8-17(13-24(22)38-2)25-26-19-6-4-3-5-16(19)7-12-23(26)39-30-27(25)29-34-28(35-36(29)15-33-30)20-10-9-18(31)14-21(20)32/h3-15,25H,1-2H3. The first kappa shape index (κ1) is 23.8. The number of nitrogens with zero attached hydrogens (tertiary/aromatic N) is 4. The minimum absolute atomic E-state index is 0.288. The SMILES string of the molecule is COc1ccc(C2c3c(ccc4ccccc34)Oc3ncn4nc(-c5ccc(Cl)cc5Cl)nc4c32)cc1OC. The number of methoxy groups -OCH3 is 2. The van der Waals surface area contributed by atoms with Crippen molar-refractivity contribution in [3.63, 3.8) is 0 Å². The average Bonchev–Trinajstić information content (AvgIpc) is 3.39. The van der Waals surface area contributed by atoms with Crippen LogP contribution in [0.4, 0.5) is 0 Å². The molecule has 7 nitrogen and oxygen atoms in total. The van der Waals surface area contributed by atoms with Crippen molar-refractivity contribution >= 4 is 39.6 Å². The normalized spacial score (nSPS) is 14.1. The molecule has 0 fully saturated rings. The van der Waals surface area contributed by atoms with Crippen LogP contribution < -0.4 is 14.2 Å². The lowest BCUT2D eigenvalue weighted by Gasteiger charge is -2.29. The van der Waals surface area contributed by atoms with Crippen LogP contribution in [0.1, 0.15) is 22.6 Å². The third-order valence-corrected chi connectivity index (χ3v) is 7.56.